The standard InChI is InChI=1S/C15H17N5O5S/c1-8(2)12(14(22)23)17-13(21)9-4-5-11(10(6-9)20(24)25)26-15-18-16-7-19(15)3/h4-8,12H,1-3H3,(H,17,21)(H,22,23)/t12-/m0/s1. The molecule has 26 heavy (non-hydrogen) atoms. The van der Waals surface area contributed by atoms with Gasteiger partial charge in [0.2, 0.25) is 0 Å². The number of rotatable bonds is 7. The quantitative estimate of drug-likeness (QED) is 0.547. The first-order valence-electron chi connectivity index (χ1n) is 7.54. The van der Waals surface area contributed by atoms with E-state index in [1.165, 1.54) is 18.5 Å². The van der Waals surface area contributed by atoms with Crippen molar-refractivity contribution in [1.29, 1.82) is 0 Å². The number of nitrogens with zero attached hydrogens (tertiary/aromatic N) is 4. The number of amides is 1. The molecule has 2 N–H and O–H groups in total. The molecule has 0 spiro atoms. The number of aliphatic carboxylic acids is 1. The minimum absolute atomic E-state index is 0.00548. The highest BCUT2D eigenvalue weighted by Crippen LogP contribution is 2.34. The Morgan fingerprint density at radius 1 is 1.38 bits per heavy atom. The lowest BCUT2D eigenvalue weighted by atomic mass is 10.0. The molecule has 0 fully saturated rings. The molecular weight excluding hydrogens is 362 g/mol. The number of carboxylic acids is 1. The summed E-state index contributed by atoms with van der Waals surface area (Å²) in [6.45, 7) is 3.31. The van der Waals surface area contributed by atoms with E-state index in [0.29, 0.717) is 10.1 Å². The van der Waals surface area contributed by atoms with Gasteiger partial charge in [-0.05, 0) is 29.8 Å². The van der Waals surface area contributed by atoms with Gasteiger partial charge in [-0.15, -0.1) is 10.2 Å². The average molecular weight is 379 g/mol. The number of carboxylic acid groups (broad SMARTS) is 1. The molecule has 0 unspecified atom stereocenters. The maximum atomic E-state index is 12.3. The van der Waals surface area contributed by atoms with Crippen LogP contribution in [0, 0.1) is 16.0 Å². The molecule has 1 atom stereocenters. The Morgan fingerprint density at radius 3 is 2.58 bits per heavy atom. The monoisotopic (exact) mass is 379 g/mol. The number of hydrogen-bond acceptors (Lipinski definition) is 7. The minimum atomic E-state index is -1.17. The van der Waals surface area contributed by atoms with Gasteiger partial charge in [-0.25, -0.2) is 4.79 Å². The van der Waals surface area contributed by atoms with Gasteiger partial charge in [-0.1, -0.05) is 13.8 Å². The van der Waals surface area contributed by atoms with E-state index in [1.807, 2.05) is 0 Å². The van der Waals surface area contributed by atoms with Crippen LogP contribution in [0.4, 0.5) is 5.69 Å². The second-order valence-corrected chi connectivity index (χ2v) is 6.81. The van der Waals surface area contributed by atoms with Crippen LogP contribution in [-0.4, -0.2) is 42.7 Å². The third kappa shape index (κ3) is 4.36. The zero-order chi connectivity index (χ0) is 19.4. The molecule has 138 valence electrons. The molecule has 2 aromatic rings. The minimum Gasteiger partial charge on any atom is -0.480 e. The lowest BCUT2D eigenvalue weighted by Gasteiger charge is -2.17. The number of benzene rings is 1. The SMILES string of the molecule is CC(C)[C@H](NC(=O)c1ccc(Sc2nncn2C)c([N+](=O)[O-])c1)C(=O)O. The van der Waals surface area contributed by atoms with Crippen LogP contribution in [0.5, 0.6) is 0 Å². The Hall–Kier alpha value is -2.95. The van der Waals surface area contributed by atoms with Crippen LogP contribution in [0.25, 0.3) is 0 Å². The number of carbonyl (C=O) groups excluding carboxylic acids is 1. The zero-order valence-electron chi connectivity index (χ0n) is 14.2. The van der Waals surface area contributed by atoms with Gasteiger partial charge in [0, 0.05) is 18.7 Å². The van der Waals surface area contributed by atoms with Crippen LogP contribution in [0.3, 0.4) is 0 Å². The van der Waals surface area contributed by atoms with Crippen molar-refractivity contribution in [2.75, 3.05) is 0 Å². The number of nitro groups is 1. The van der Waals surface area contributed by atoms with Crippen molar-refractivity contribution in [1.82, 2.24) is 20.1 Å². The Bertz CT molecular complexity index is 851. The molecule has 1 amide bonds. The van der Waals surface area contributed by atoms with Crippen LogP contribution in [0.15, 0.2) is 34.6 Å². The third-order valence-corrected chi connectivity index (χ3v) is 4.63. The molecule has 0 aliphatic rings. The summed E-state index contributed by atoms with van der Waals surface area (Å²) in [7, 11) is 1.70. The number of nitrogens with one attached hydrogen (secondary N) is 1. The maximum Gasteiger partial charge on any atom is 0.326 e. The molecule has 0 aliphatic carbocycles. The first-order chi connectivity index (χ1) is 12.2. The number of hydrogen-bond donors (Lipinski definition) is 2. The van der Waals surface area contributed by atoms with Gasteiger partial charge in [-0.2, -0.15) is 0 Å². The lowest BCUT2D eigenvalue weighted by Crippen LogP contribution is -2.44. The van der Waals surface area contributed by atoms with Crippen LogP contribution in [0.2, 0.25) is 0 Å². The molecule has 2 rings (SSSR count). The molecule has 0 aliphatic heterocycles. The van der Waals surface area contributed by atoms with E-state index >= 15 is 0 Å². The van der Waals surface area contributed by atoms with Gasteiger partial charge in [-0.3, -0.25) is 14.9 Å². The summed E-state index contributed by atoms with van der Waals surface area (Å²) in [6.07, 6.45) is 1.47. The van der Waals surface area contributed by atoms with E-state index in [4.69, 9.17) is 5.11 Å². The normalized spacial score (nSPS) is 12.0. The van der Waals surface area contributed by atoms with Gasteiger partial charge >= 0.3 is 5.97 Å². The number of carbonyl (C=O) groups is 2. The van der Waals surface area contributed by atoms with Crippen LogP contribution >= 0.6 is 11.8 Å². The highest BCUT2D eigenvalue weighted by molar-refractivity contribution is 7.99. The smallest absolute Gasteiger partial charge is 0.326 e. The molecule has 11 heteroatoms. The lowest BCUT2D eigenvalue weighted by molar-refractivity contribution is -0.387. The number of aromatic nitrogens is 3. The van der Waals surface area contributed by atoms with Gasteiger partial charge in [0.1, 0.15) is 12.4 Å². The highest BCUT2D eigenvalue weighted by Gasteiger charge is 2.26. The van der Waals surface area contributed by atoms with Crippen molar-refractivity contribution < 1.29 is 19.6 Å². The molecule has 0 bridgehead atoms. The van der Waals surface area contributed by atoms with Crippen LogP contribution in [0.1, 0.15) is 24.2 Å². The van der Waals surface area contributed by atoms with Crippen molar-refractivity contribution in [3.8, 4) is 0 Å². The fraction of sp³-hybridized carbons (Fsp3) is 0.333. The van der Waals surface area contributed by atoms with Gasteiger partial charge in [0.05, 0.1) is 9.82 Å². The molecule has 1 aromatic carbocycles. The summed E-state index contributed by atoms with van der Waals surface area (Å²) < 4.78 is 1.61. The fourth-order valence-corrected chi connectivity index (χ4v) is 2.94. The molecule has 10 nitrogen and oxygen atoms in total. The molecule has 0 saturated heterocycles. The Morgan fingerprint density at radius 2 is 2.08 bits per heavy atom. The number of nitro benzene ring substituents is 1. The maximum absolute atomic E-state index is 12.3. The zero-order valence-corrected chi connectivity index (χ0v) is 15.1. The largest absolute Gasteiger partial charge is 0.480 e. The van der Waals surface area contributed by atoms with Crippen molar-refractivity contribution >= 4 is 29.3 Å². The molecule has 0 radical (unpaired) electrons. The predicted molar refractivity (Wildman–Crippen MR) is 92.0 cm³/mol. The summed E-state index contributed by atoms with van der Waals surface area (Å²) in [4.78, 5) is 34.6. The molecule has 1 aromatic heterocycles. The molecule has 0 saturated carbocycles. The predicted octanol–water partition coefficient (Wildman–Crippen LogP) is 1.71. The Balaban J connectivity index is 2.30. The summed E-state index contributed by atoms with van der Waals surface area (Å²) >= 11 is 1.04. The average Bonchev–Trinajstić information content (AvgIpc) is 2.96. The van der Waals surface area contributed by atoms with E-state index < -0.39 is 22.8 Å². The number of aryl methyl sites for hydroxylation is 1. The summed E-state index contributed by atoms with van der Waals surface area (Å²) in [5, 5.41) is 30.9. The van der Waals surface area contributed by atoms with Crippen molar-refractivity contribution in [3.05, 3.63) is 40.2 Å². The first kappa shape index (κ1) is 19.4. The molecule has 1 heterocycles. The third-order valence-electron chi connectivity index (χ3n) is 3.51. The second-order valence-electron chi connectivity index (χ2n) is 5.80. The topological polar surface area (TPSA) is 140 Å². The van der Waals surface area contributed by atoms with Crippen molar-refractivity contribution in [2.45, 2.75) is 29.9 Å². The van der Waals surface area contributed by atoms with Gasteiger partial charge in [0.25, 0.3) is 11.6 Å². The Labute approximate surface area is 152 Å². The van der Waals surface area contributed by atoms with E-state index in [9.17, 15) is 19.7 Å². The second kappa shape index (κ2) is 7.95. The summed E-state index contributed by atoms with van der Waals surface area (Å²) in [5.41, 5.74) is -0.270. The van der Waals surface area contributed by atoms with E-state index in [0.717, 1.165) is 17.8 Å². The van der Waals surface area contributed by atoms with Crippen molar-refractivity contribution in [3.63, 3.8) is 0 Å². The molecular formula is C15H17N5O5S. The summed E-state index contributed by atoms with van der Waals surface area (Å²) in [5.74, 6) is -2.20. The highest BCUT2D eigenvalue weighted by atomic mass is 32.2. The summed E-state index contributed by atoms with van der Waals surface area (Å²) in [6, 6.07) is 2.86. The van der Waals surface area contributed by atoms with Crippen LogP contribution in [-0.2, 0) is 11.8 Å². The van der Waals surface area contributed by atoms with E-state index in [2.05, 4.69) is 15.5 Å². The first-order valence-corrected chi connectivity index (χ1v) is 8.36. The Kier molecular flexibility index (Phi) is 5.93. The van der Waals surface area contributed by atoms with Gasteiger partial charge < -0.3 is 15.0 Å². The van der Waals surface area contributed by atoms with Gasteiger partial charge in [0.15, 0.2) is 5.16 Å². The fourth-order valence-electron chi connectivity index (χ4n) is 2.09. The van der Waals surface area contributed by atoms with E-state index in [1.54, 1.807) is 25.5 Å². The van der Waals surface area contributed by atoms with Crippen LogP contribution < -0.4 is 5.32 Å². The van der Waals surface area contributed by atoms with Crippen molar-refractivity contribution in [2.24, 2.45) is 13.0 Å². The van der Waals surface area contributed by atoms with E-state index in [-0.39, 0.29) is 17.2 Å².